The Hall–Kier alpha value is -2.17. The molecule has 1 saturated heterocycles. The van der Waals surface area contributed by atoms with Gasteiger partial charge in [0.05, 0.1) is 0 Å². The fourth-order valence-electron chi connectivity index (χ4n) is 1.94. The fraction of sp³-hybridized carbons (Fsp3) is 0.357. The van der Waals surface area contributed by atoms with Gasteiger partial charge in [-0.25, -0.2) is 4.79 Å². The zero-order valence-corrected chi connectivity index (χ0v) is 10.6. The van der Waals surface area contributed by atoms with Gasteiger partial charge in [-0.1, -0.05) is 30.3 Å². The number of ketones is 1. The molecule has 0 aromatic heterocycles. The van der Waals surface area contributed by atoms with Crippen molar-refractivity contribution in [3.63, 3.8) is 0 Å². The van der Waals surface area contributed by atoms with Crippen LogP contribution in [0.5, 0.6) is 0 Å². The van der Waals surface area contributed by atoms with Crippen LogP contribution in [0.3, 0.4) is 0 Å². The van der Waals surface area contributed by atoms with E-state index < -0.39 is 18.1 Å². The van der Waals surface area contributed by atoms with Crippen molar-refractivity contribution in [2.45, 2.75) is 31.9 Å². The first kappa shape index (κ1) is 13.3. The summed E-state index contributed by atoms with van der Waals surface area (Å²) in [5.74, 6) is -0.968. The van der Waals surface area contributed by atoms with Gasteiger partial charge in [0.15, 0.2) is 6.10 Å². The molecule has 0 spiro atoms. The van der Waals surface area contributed by atoms with E-state index in [0.29, 0.717) is 18.4 Å². The second kappa shape index (κ2) is 5.65. The molecule has 0 aliphatic carbocycles. The first-order valence-electron chi connectivity index (χ1n) is 6.17. The zero-order valence-electron chi connectivity index (χ0n) is 10.6. The van der Waals surface area contributed by atoms with Gasteiger partial charge in [0.1, 0.15) is 6.04 Å². The second-order valence-corrected chi connectivity index (χ2v) is 4.47. The molecule has 1 aliphatic heterocycles. The third kappa shape index (κ3) is 3.19. The van der Waals surface area contributed by atoms with Crippen LogP contribution in [0.25, 0.3) is 0 Å². The number of hydrogen-bond donors (Lipinski definition) is 1. The maximum absolute atomic E-state index is 12.0. The smallest absolute Gasteiger partial charge is 0.329 e. The van der Waals surface area contributed by atoms with Crippen molar-refractivity contribution in [1.29, 1.82) is 0 Å². The average Bonchev–Trinajstić information content (AvgIpc) is 2.85. The highest BCUT2D eigenvalue weighted by Crippen LogP contribution is 2.11. The van der Waals surface area contributed by atoms with E-state index in [-0.39, 0.29) is 11.7 Å². The van der Waals surface area contributed by atoms with Gasteiger partial charge in [0, 0.05) is 12.0 Å². The molecule has 5 heteroatoms. The van der Waals surface area contributed by atoms with E-state index in [1.165, 1.54) is 6.92 Å². The minimum Gasteiger partial charge on any atom is -0.453 e. The van der Waals surface area contributed by atoms with Crippen LogP contribution in [0.4, 0.5) is 0 Å². The van der Waals surface area contributed by atoms with Gasteiger partial charge >= 0.3 is 5.97 Å². The minimum atomic E-state index is -0.854. The predicted octanol–water partition coefficient (Wildman–Crippen LogP) is 1.08. The Labute approximate surface area is 110 Å². The summed E-state index contributed by atoms with van der Waals surface area (Å²) in [5.41, 5.74) is 0.498. The highest BCUT2D eigenvalue weighted by molar-refractivity contribution is 6.00. The molecule has 0 saturated carbocycles. The molecular formula is C14H15NO4. The van der Waals surface area contributed by atoms with Crippen LogP contribution in [0, 0.1) is 0 Å². The molecule has 1 aromatic rings. The van der Waals surface area contributed by atoms with Crippen molar-refractivity contribution in [3.05, 3.63) is 35.9 Å². The Morgan fingerprint density at radius 3 is 2.58 bits per heavy atom. The van der Waals surface area contributed by atoms with Crippen LogP contribution in [0.15, 0.2) is 30.3 Å². The van der Waals surface area contributed by atoms with Crippen molar-refractivity contribution < 1.29 is 19.1 Å². The SMILES string of the molecule is C[C@@H](OC(=O)[C@H]1CCC(=O)N1)C(=O)c1ccccc1. The summed E-state index contributed by atoms with van der Waals surface area (Å²) in [6, 6.07) is 8.02. The van der Waals surface area contributed by atoms with Crippen LogP contribution >= 0.6 is 0 Å². The topological polar surface area (TPSA) is 72.5 Å². The van der Waals surface area contributed by atoms with Gasteiger partial charge in [-0.3, -0.25) is 9.59 Å². The van der Waals surface area contributed by atoms with Crippen LogP contribution in [0.1, 0.15) is 30.1 Å². The summed E-state index contributed by atoms with van der Waals surface area (Å²) in [5, 5.41) is 2.51. The Balaban J connectivity index is 1.94. The number of hydrogen-bond acceptors (Lipinski definition) is 4. The van der Waals surface area contributed by atoms with E-state index in [1.54, 1.807) is 24.3 Å². The molecule has 1 fully saturated rings. The lowest BCUT2D eigenvalue weighted by molar-refractivity contribution is -0.149. The summed E-state index contributed by atoms with van der Waals surface area (Å²) in [6.45, 7) is 1.53. The minimum absolute atomic E-state index is 0.163. The van der Waals surface area contributed by atoms with E-state index in [1.807, 2.05) is 6.07 Å². The van der Waals surface area contributed by atoms with E-state index in [9.17, 15) is 14.4 Å². The van der Waals surface area contributed by atoms with Crippen molar-refractivity contribution in [2.24, 2.45) is 0 Å². The molecule has 5 nitrogen and oxygen atoms in total. The van der Waals surface area contributed by atoms with Gasteiger partial charge in [-0.2, -0.15) is 0 Å². The highest BCUT2D eigenvalue weighted by Gasteiger charge is 2.30. The van der Waals surface area contributed by atoms with Gasteiger partial charge in [0.25, 0.3) is 0 Å². The van der Waals surface area contributed by atoms with E-state index >= 15 is 0 Å². The maximum Gasteiger partial charge on any atom is 0.329 e. The summed E-state index contributed by atoms with van der Waals surface area (Å²) >= 11 is 0. The number of ether oxygens (including phenoxy) is 1. The van der Waals surface area contributed by atoms with Crippen LogP contribution in [-0.2, 0) is 14.3 Å². The molecule has 1 N–H and O–H groups in total. The molecule has 0 radical (unpaired) electrons. The molecule has 1 aromatic carbocycles. The van der Waals surface area contributed by atoms with Gasteiger partial charge in [-0.05, 0) is 13.3 Å². The molecule has 1 amide bonds. The lowest BCUT2D eigenvalue weighted by atomic mass is 10.1. The highest BCUT2D eigenvalue weighted by atomic mass is 16.5. The molecule has 100 valence electrons. The van der Waals surface area contributed by atoms with Crippen LogP contribution in [0.2, 0.25) is 0 Å². The standard InChI is InChI=1S/C14H15NO4/c1-9(13(17)10-5-3-2-4-6-10)19-14(18)11-7-8-12(16)15-11/h2-6,9,11H,7-8H2,1H3,(H,15,16)/t9-,11-/m1/s1. The second-order valence-electron chi connectivity index (χ2n) is 4.47. The molecule has 0 bridgehead atoms. The number of amides is 1. The number of esters is 1. The molecule has 2 rings (SSSR count). The monoisotopic (exact) mass is 261 g/mol. The first-order chi connectivity index (χ1) is 9.08. The Kier molecular flexibility index (Phi) is 3.94. The van der Waals surface area contributed by atoms with Crippen molar-refractivity contribution in [1.82, 2.24) is 5.32 Å². The van der Waals surface area contributed by atoms with E-state index in [2.05, 4.69) is 5.32 Å². The largest absolute Gasteiger partial charge is 0.453 e. The lowest BCUT2D eigenvalue weighted by Gasteiger charge is -2.15. The third-order valence-corrected chi connectivity index (χ3v) is 3.00. The fourth-order valence-corrected chi connectivity index (χ4v) is 1.94. The van der Waals surface area contributed by atoms with E-state index in [0.717, 1.165) is 0 Å². The molecule has 19 heavy (non-hydrogen) atoms. The number of carbonyl (C=O) groups excluding carboxylic acids is 3. The van der Waals surface area contributed by atoms with Gasteiger partial charge in [-0.15, -0.1) is 0 Å². The number of benzene rings is 1. The molecule has 1 heterocycles. The molecule has 2 atom stereocenters. The van der Waals surface area contributed by atoms with E-state index in [4.69, 9.17) is 4.74 Å². The predicted molar refractivity (Wildman–Crippen MR) is 67.5 cm³/mol. The van der Waals surface area contributed by atoms with Crippen molar-refractivity contribution in [3.8, 4) is 0 Å². The maximum atomic E-state index is 12.0. The summed E-state index contributed by atoms with van der Waals surface area (Å²) in [7, 11) is 0. The summed E-state index contributed by atoms with van der Waals surface area (Å²) in [6.07, 6.45) is -0.113. The first-order valence-corrected chi connectivity index (χ1v) is 6.17. The summed E-state index contributed by atoms with van der Waals surface area (Å²) in [4.78, 5) is 34.8. The quantitative estimate of drug-likeness (QED) is 0.650. The number of nitrogens with one attached hydrogen (secondary N) is 1. The lowest BCUT2D eigenvalue weighted by Crippen LogP contribution is -2.37. The Morgan fingerprint density at radius 1 is 1.32 bits per heavy atom. The number of Topliss-reactive ketones (excluding diaryl/α,β-unsaturated/α-hetero) is 1. The average molecular weight is 261 g/mol. The van der Waals surface area contributed by atoms with Crippen LogP contribution < -0.4 is 5.32 Å². The third-order valence-electron chi connectivity index (χ3n) is 3.00. The van der Waals surface area contributed by atoms with Crippen LogP contribution in [-0.4, -0.2) is 29.8 Å². The van der Waals surface area contributed by atoms with Gasteiger partial charge < -0.3 is 10.1 Å². The van der Waals surface area contributed by atoms with Crippen molar-refractivity contribution >= 4 is 17.7 Å². The molecular weight excluding hydrogens is 246 g/mol. The zero-order chi connectivity index (χ0) is 13.8. The Morgan fingerprint density at radius 2 is 2.00 bits per heavy atom. The van der Waals surface area contributed by atoms with Crippen molar-refractivity contribution in [2.75, 3.05) is 0 Å². The summed E-state index contributed by atoms with van der Waals surface area (Å²) < 4.78 is 5.10. The molecule has 0 unspecified atom stereocenters. The normalized spacial score (nSPS) is 19.6. The Bertz CT molecular complexity index is 497. The number of carbonyl (C=O) groups is 3. The van der Waals surface area contributed by atoms with Gasteiger partial charge in [0.2, 0.25) is 11.7 Å². The number of rotatable bonds is 4. The molecule has 1 aliphatic rings.